The molecule has 7 aromatic carbocycles. The minimum atomic E-state index is -3.49. The van der Waals surface area contributed by atoms with E-state index in [9.17, 15) is 15.0 Å². The molecule has 2 N–H and O–H groups in total. The first-order valence-electron chi connectivity index (χ1n) is 24.3. The third-order valence-corrected chi connectivity index (χ3v) is 25.7. The van der Waals surface area contributed by atoms with Crippen LogP contribution in [0.1, 0.15) is 18.1 Å². The Morgan fingerprint density at radius 3 is 1.17 bits per heavy atom. The quantitative estimate of drug-likeness (QED) is 0.0519. The second kappa shape index (κ2) is 19.9. The van der Waals surface area contributed by atoms with Gasteiger partial charge in [0, 0.05) is 18.6 Å². The van der Waals surface area contributed by atoms with Crippen LogP contribution in [0.25, 0.3) is 0 Å². The number of aliphatic hydroxyl groups is 2. The van der Waals surface area contributed by atoms with Gasteiger partial charge in [-0.3, -0.25) is 4.79 Å². The van der Waals surface area contributed by atoms with Gasteiger partial charge in [-0.1, -0.05) is 182 Å². The normalized spacial score (nSPS) is 19.3. The maximum absolute atomic E-state index is 14.7. The van der Waals surface area contributed by atoms with Gasteiger partial charge in [0.25, 0.3) is 30.7 Å². The summed E-state index contributed by atoms with van der Waals surface area (Å²) in [7, 11) is -16.0. The molecular formula is C57H66O10Si5. The van der Waals surface area contributed by atoms with Crippen LogP contribution >= 0.6 is 0 Å². The van der Waals surface area contributed by atoms with Crippen LogP contribution in [0.5, 0.6) is 23.0 Å². The van der Waals surface area contributed by atoms with Crippen LogP contribution in [0.2, 0.25) is 65.5 Å². The van der Waals surface area contributed by atoms with Gasteiger partial charge < -0.3 is 41.8 Å². The van der Waals surface area contributed by atoms with E-state index in [1.165, 1.54) is 6.92 Å². The maximum atomic E-state index is 14.7. The molecule has 1 heterocycles. The molecule has 0 spiro atoms. The molecule has 3 unspecified atom stereocenters. The van der Waals surface area contributed by atoms with Crippen molar-refractivity contribution in [1.82, 2.24) is 0 Å². The van der Waals surface area contributed by atoms with Gasteiger partial charge in [-0.2, -0.15) is 0 Å². The molecule has 10 nitrogen and oxygen atoms in total. The fourth-order valence-corrected chi connectivity index (χ4v) is 19.1. The van der Waals surface area contributed by atoms with E-state index in [1.807, 2.05) is 197 Å². The Labute approximate surface area is 429 Å². The summed E-state index contributed by atoms with van der Waals surface area (Å²) in [4.78, 5) is 14.1. The largest absolute Gasteiger partial charge is 0.537 e. The first-order chi connectivity index (χ1) is 33.9. The van der Waals surface area contributed by atoms with Gasteiger partial charge in [0.1, 0.15) is 11.3 Å². The van der Waals surface area contributed by atoms with Crippen molar-refractivity contribution in [2.45, 2.75) is 89.8 Å². The highest BCUT2D eigenvalue weighted by Crippen LogP contribution is 2.63. The number of carbonyl (C=O) groups is 1. The zero-order valence-corrected chi connectivity index (χ0v) is 48.1. The van der Waals surface area contributed by atoms with Crippen molar-refractivity contribution in [2.75, 3.05) is 0 Å². The van der Waals surface area contributed by atoms with E-state index in [4.69, 9.17) is 31.6 Å². The Hall–Kier alpha value is -5.87. The molecule has 0 saturated heterocycles. The lowest BCUT2D eigenvalue weighted by Gasteiger charge is -2.58. The molecule has 15 heteroatoms. The van der Waals surface area contributed by atoms with Crippen LogP contribution in [-0.4, -0.2) is 63.6 Å². The smallest absolute Gasteiger partial charge is 0.306 e. The second-order valence-corrected chi connectivity index (χ2v) is 39.8. The number of ether oxygens (including phenoxy) is 2. The lowest BCUT2D eigenvalue weighted by molar-refractivity contribution is -0.454. The number of esters is 1. The molecule has 7 aromatic rings. The predicted molar refractivity (Wildman–Crippen MR) is 298 cm³/mol. The second-order valence-electron chi connectivity index (χ2n) is 20.8. The van der Waals surface area contributed by atoms with Crippen molar-refractivity contribution in [3.05, 3.63) is 199 Å². The van der Waals surface area contributed by atoms with Gasteiger partial charge in [0.15, 0.2) is 17.2 Å². The van der Waals surface area contributed by atoms with Crippen molar-refractivity contribution in [1.29, 1.82) is 0 Å². The minimum absolute atomic E-state index is 0.0384. The summed E-state index contributed by atoms with van der Waals surface area (Å²) in [5, 5.41) is 33.6. The van der Waals surface area contributed by atoms with Gasteiger partial charge in [-0.25, -0.2) is 0 Å². The number of rotatable bonds is 17. The molecule has 0 saturated carbocycles. The summed E-state index contributed by atoms with van der Waals surface area (Å²) in [5.41, 5.74) is 0.0438. The van der Waals surface area contributed by atoms with E-state index in [0.717, 1.165) is 25.9 Å². The van der Waals surface area contributed by atoms with Crippen molar-refractivity contribution < 1.29 is 46.6 Å². The third kappa shape index (κ3) is 10.1. The van der Waals surface area contributed by atoms with Crippen molar-refractivity contribution in [3.63, 3.8) is 0 Å². The summed E-state index contributed by atoms with van der Waals surface area (Å²) in [6.45, 7) is 21.3. The van der Waals surface area contributed by atoms with Crippen LogP contribution in [0, 0.1) is 0 Å². The average Bonchev–Trinajstić information content (AvgIpc) is 3.35. The van der Waals surface area contributed by atoms with Crippen LogP contribution in [0.3, 0.4) is 0 Å². The lowest BCUT2D eigenvalue weighted by Crippen LogP contribution is -2.77. The molecular weight excluding hydrogens is 985 g/mol. The average molecular weight is 1050 g/mol. The molecule has 0 bridgehead atoms. The molecule has 0 amide bonds. The van der Waals surface area contributed by atoms with Gasteiger partial charge in [-0.05, 0) is 91.4 Å². The van der Waals surface area contributed by atoms with E-state index < -0.39 is 64.9 Å². The molecule has 1 aliphatic rings. The number of carbonyl (C=O) groups excluding carboxylic acids is 1. The van der Waals surface area contributed by atoms with E-state index in [-0.39, 0.29) is 34.1 Å². The SMILES string of the molecule is CC(=O)OC1(O)c2c(cc(O[Si](C)(C)c3ccccc3)c(O[Si](C)(C)c3ccccc3)c2O[Si](C)(C)c2ccccc2)OC(O[Si](C)(C)c2ccccc2)(c2ccccc2)C1(O)O[Si](C)(C)c1ccccc1. The minimum Gasteiger partial charge on any atom is -0.537 e. The van der Waals surface area contributed by atoms with Gasteiger partial charge in [0.05, 0.1) is 0 Å². The molecule has 1 aliphatic heterocycles. The Balaban J connectivity index is 1.55. The first kappa shape index (κ1) is 52.5. The van der Waals surface area contributed by atoms with E-state index in [2.05, 4.69) is 26.2 Å². The van der Waals surface area contributed by atoms with Crippen LogP contribution in [0.15, 0.2) is 188 Å². The summed E-state index contributed by atoms with van der Waals surface area (Å²) in [5.74, 6) is -9.40. The summed E-state index contributed by atoms with van der Waals surface area (Å²) in [6, 6.07) is 59.6. The first-order valence-corrected chi connectivity index (χ1v) is 38.8. The number of benzene rings is 7. The molecule has 0 fully saturated rings. The number of fused-ring (bicyclic) bond motifs is 1. The van der Waals surface area contributed by atoms with E-state index >= 15 is 0 Å². The molecule has 8 rings (SSSR count). The third-order valence-electron chi connectivity index (χ3n) is 13.3. The zero-order chi connectivity index (χ0) is 51.8. The van der Waals surface area contributed by atoms with Gasteiger partial charge >= 0.3 is 17.5 Å². The fraction of sp³-hybridized carbons (Fsp3) is 0.246. The molecule has 3 atom stereocenters. The van der Waals surface area contributed by atoms with Gasteiger partial charge in [0.2, 0.25) is 16.6 Å². The van der Waals surface area contributed by atoms with Crippen molar-refractivity contribution in [2.24, 2.45) is 0 Å². The topological polar surface area (TPSA) is 122 Å². The van der Waals surface area contributed by atoms with Gasteiger partial charge in [-0.15, -0.1) is 0 Å². The maximum Gasteiger partial charge on any atom is 0.306 e. The van der Waals surface area contributed by atoms with Crippen LogP contribution in [-0.2, 0) is 30.0 Å². The molecule has 0 aromatic heterocycles. The van der Waals surface area contributed by atoms with Crippen molar-refractivity contribution >= 4 is 73.5 Å². The lowest BCUT2D eigenvalue weighted by atomic mass is 9.82. The monoisotopic (exact) mass is 1050 g/mol. The van der Waals surface area contributed by atoms with Crippen molar-refractivity contribution in [3.8, 4) is 23.0 Å². The number of hydrogen-bond acceptors (Lipinski definition) is 10. The standard InChI is InChI=1S/C57H66O10Si5/c1-43(58)61-55(59)52-50(62-56(44-30-18-12-19-31-44,66-71(8,9)48-38-26-16-27-39-48)57(55,60)67-72(10,11)49-40-28-17-29-41-49)42-51(63-68(2,3)45-32-20-13-21-33-45)53(64-69(4,5)46-34-22-14-23-35-46)54(52)65-70(6,7)47-36-24-15-25-37-47/h12-42,59-60H,1-11H3. The Morgan fingerprint density at radius 1 is 0.444 bits per heavy atom. The zero-order valence-electron chi connectivity index (χ0n) is 43.1. The molecule has 374 valence electrons. The molecule has 0 radical (unpaired) electrons. The highest BCUT2D eigenvalue weighted by atomic mass is 28.4. The highest BCUT2D eigenvalue weighted by Gasteiger charge is 2.77. The molecule has 72 heavy (non-hydrogen) atoms. The van der Waals surface area contributed by atoms with E-state index in [0.29, 0.717) is 0 Å². The fourth-order valence-electron chi connectivity index (χ4n) is 9.41. The predicted octanol–water partition coefficient (Wildman–Crippen LogP) is 9.06. The van der Waals surface area contributed by atoms with Crippen LogP contribution < -0.4 is 43.9 Å². The van der Waals surface area contributed by atoms with E-state index in [1.54, 1.807) is 30.3 Å². The Kier molecular flexibility index (Phi) is 14.5. The highest BCUT2D eigenvalue weighted by molar-refractivity contribution is 6.87. The number of hydrogen-bond donors (Lipinski definition) is 2. The van der Waals surface area contributed by atoms with Crippen LogP contribution in [0.4, 0.5) is 0 Å². The molecule has 0 aliphatic carbocycles. The summed E-state index contributed by atoms with van der Waals surface area (Å²) < 4.78 is 51.3. The summed E-state index contributed by atoms with van der Waals surface area (Å²) >= 11 is 0. The Morgan fingerprint density at radius 2 is 0.778 bits per heavy atom. The summed E-state index contributed by atoms with van der Waals surface area (Å²) in [6.07, 6.45) is 0. The Bertz CT molecular complexity index is 2980.